The highest BCUT2D eigenvalue weighted by Crippen LogP contribution is 2.29. The largest absolute Gasteiger partial charge is 0.496 e. The van der Waals surface area contributed by atoms with Gasteiger partial charge in [0.05, 0.1) is 7.11 Å². The van der Waals surface area contributed by atoms with Crippen molar-refractivity contribution in [3.05, 3.63) is 34.9 Å². The van der Waals surface area contributed by atoms with Gasteiger partial charge >= 0.3 is 0 Å². The van der Waals surface area contributed by atoms with Crippen LogP contribution in [0.4, 0.5) is 0 Å². The topological polar surface area (TPSA) is 23.3 Å². The molecule has 2 heteroatoms. The molecule has 0 aliphatic carbocycles. The molecular formula is C14H18NO. The molecule has 1 aromatic carbocycles. The van der Waals surface area contributed by atoms with Gasteiger partial charge in [-0.1, -0.05) is 6.08 Å². The molecule has 0 aromatic heterocycles. The molecule has 0 saturated heterocycles. The lowest BCUT2D eigenvalue weighted by Gasteiger charge is -2.16. The van der Waals surface area contributed by atoms with Gasteiger partial charge in [-0.3, -0.25) is 0 Å². The molecule has 2 nitrogen and oxygen atoms in total. The summed E-state index contributed by atoms with van der Waals surface area (Å²) in [5, 5.41) is 4.33. The fraction of sp³-hybridized carbons (Fsp3) is 0.429. The summed E-state index contributed by atoms with van der Waals surface area (Å²) < 4.78 is 5.38. The molecule has 2 rings (SSSR count). The van der Waals surface area contributed by atoms with E-state index in [1.807, 2.05) is 0 Å². The zero-order chi connectivity index (χ0) is 11.5. The molecule has 0 N–H and O–H groups in total. The number of methoxy groups -OCH3 is 1. The lowest BCUT2D eigenvalue weighted by atomic mass is 9.96. The maximum atomic E-state index is 5.38. The number of benzene rings is 1. The van der Waals surface area contributed by atoms with Crippen molar-refractivity contribution in [1.29, 1.82) is 0 Å². The minimum absolute atomic E-state index is 0.861. The zero-order valence-corrected chi connectivity index (χ0v) is 10.2. The van der Waals surface area contributed by atoms with Crippen LogP contribution in [-0.4, -0.2) is 20.2 Å². The minimum atomic E-state index is 0.861. The third-order valence-corrected chi connectivity index (χ3v) is 3.04. The van der Waals surface area contributed by atoms with Crippen molar-refractivity contribution >= 4 is 5.57 Å². The second kappa shape index (κ2) is 4.71. The van der Waals surface area contributed by atoms with Crippen LogP contribution in [0.2, 0.25) is 0 Å². The van der Waals surface area contributed by atoms with E-state index in [0.717, 1.165) is 25.3 Å². The first-order valence-electron chi connectivity index (χ1n) is 5.70. The fourth-order valence-electron chi connectivity index (χ4n) is 2.29. The number of ether oxygens (including phenoxy) is 1. The van der Waals surface area contributed by atoms with Gasteiger partial charge < -0.3 is 4.74 Å². The Morgan fingerprint density at radius 3 is 2.38 bits per heavy atom. The first kappa shape index (κ1) is 11.2. The molecule has 85 valence electrons. The number of hydrogen-bond acceptors (Lipinski definition) is 1. The van der Waals surface area contributed by atoms with E-state index in [2.05, 4.69) is 37.4 Å². The molecule has 1 heterocycles. The van der Waals surface area contributed by atoms with Crippen molar-refractivity contribution in [1.82, 2.24) is 5.32 Å². The molecule has 0 saturated carbocycles. The molecule has 0 fully saturated rings. The Hall–Kier alpha value is -1.28. The third kappa shape index (κ3) is 2.12. The van der Waals surface area contributed by atoms with Crippen molar-refractivity contribution in [2.75, 3.05) is 20.2 Å². The van der Waals surface area contributed by atoms with Crippen LogP contribution in [0.5, 0.6) is 5.75 Å². The Labute approximate surface area is 97.3 Å². The maximum absolute atomic E-state index is 5.38. The van der Waals surface area contributed by atoms with E-state index in [0.29, 0.717) is 0 Å². The fourth-order valence-corrected chi connectivity index (χ4v) is 2.29. The van der Waals surface area contributed by atoms with Gasteiger partial charge in [-0.2, -0.15) is 0 Å². The molecule has 1 radical (unpaired) electrons. The van der Waals surface area contributed by atoms with Gasteiger partial charge in [-0.15, -0.1) is 0 Å². The van der Waals surface area contributed by atoms with Crippen molar-refractivity contribution < 1.29 is 4.74 Å². The Bertz CT molecular complexity index is 398. The quantitative estimate of drug-likeness (QED) is 0.745. The smallest absolute Gasteiger partial charge is 0.124 e. The van der Waals surface area contributed by atoms with Gasteiger partial charge in [0.25, 0.3) is 0 Å². The van der Waals surface area contributed by atoms with Crippen LogP contribution in [0.25, 0.3) is 5.57 Å². The van der Waals surface area contributed by atoms with Gasteiger partial charge in [0.1, 0.15) is 5.75 Å². The van der Waals surface area contributed by atoms with E-state index in [9.17, 15) is 0 Å². The molecule has 16 heavy (non-hydrogen) atoms. The summed E-state index contributed by atoms with van der Waals surface area (Å²) >= 11 is 0. The van der Waals surface area contributed by atoms with Gasteiger partial charge in [-0.25, -0.2) is 5.32 Å². The summed E-state index contributed by atoms with van der Waals surface area (Å²) in [6.07, 6.45) is 3.29. The van der Waals surface area contributed by atoms with E-state index in [1.54, 1.807) is 7.11 Å². The second-order valence-corrected chi connectivity index (χ2v) is 4.25. The summed E-state index contributed by atoms with van der Waals surface area (Å²) in [6.45, 7) is 6.02. The third-order valence-electron chi connectivity index (χ3n) is 3.04. The lowest BCUT2D eigenvalue weighted by Crippen LogP contribution is -2.13. The predicted octanol–water partition coefficient (Wildman–Crippen LogP) is 2.70. The average molecular weight is 216 g/mol. The zero-order valence-electron chi connectivity index (χ0n) is 10.2. The van der Waals surface area contributed by atoms with Crippen LogP contribution in [-0.2, 0) is 0 Å². The lowest BCUT2D eigenvalue weighted by molar-refractivity contribution is 0.408. The minimum Gasteiger partial charge on any atom is -0.496 e. The van der Waals surface area contributed by atoms with Crippen LogP contribution in [0.1, 0.15) is 23.1 Å². The molecule has 0 spiro atoms. The van der Waals surface area contributed by atoms with E-state index in [1.165, 1.54) is 22.3 Å². The van der Waals surface area contributed by atoms with E-state index < -0.39 is 0 Å². The normalized spacial score (nSPS) is 15.8. The van der Waals surface area contributed by atoms with Gasteiger partial charge in [0.15, 0.2) is 0 Å². The highest BCUT2D eigenvalue weighted by atomic mass is 16.5. The number of aryl methyl sites for hydroxylation is 2. The molecule has 0 unspecified atom stereocenters. The first-order valence-corrected chi connectivity index (χ1v) is 5.70. The standard InChI is InChI=1S/C14H18NO/c1-10-8-13(9-11(2)14(10)16-3)12-4-6-15-7-5-12/h4,8-9H,5-7H2,1-3H3. The number of nitrogens with zero attached hydrogens (tertiary/aromatic N) is 1. The van der Waals surface area contributed by atoms with Crippen LogP contribution in [0.3, 0.4) is 0 Å². The maximum Gasteiger partial charge on any atom is 0.124 e. The van der Waals surface area contributed by atoms with Gasteiger partial charge in [0.2, 0.25) is 0 Å². The average Bonchev–Trinajstić information content (AvgIpc) is 2.30. The van der Waals surface area contributed by atoms with Crippen molar-refractivity contribution in [2.45, 2.75) is 20.3 Å². The van der Waals surface area contributed by atoms with Crippen molar-refractivity contribution in [3.8, 4) is 5.75 Å². The Morgan fingerprint density at radius 1 is 1.19 bits per heavy atom. The molecule has 1 aliphatic rings. The van der Waals surface area contributed by atoms with Gasteiger partial charge in [0, 0.05) is 13.1 Å². The number of hydrogen-bond donors (Lipinski definition) is 0. The van der Waals surface area contributed by atoms with E-state index in [-0.39, 0.29) is 0 Å². The van der Waals surface area contributed by atoms with E-state index >= 15 is 0 Å². The number of rotatable bonds is 2. The Morgan fingerprint density at radius 2 is 1.88 bits per heavy atom. The summed E-state index contributed by atoms with van der Waals surface area (Å²) in [4.78, 5) is 0. The van der Waals surface area contributed by atoms with Crippen LogP contribution >= 0.6 is 0 Å². The molecule has 0 atom stereocenters. The Kier molecular flexibility index (Phi) is 3.30. The highest BCUT2D eigenvalue weighted by Gasteiger charge is 2.10. The summed E-state index contributed by atoms with van der Waals surface area (Å²) in [5.74, 6) is 1.00. The summed E-state index contributed by atoms with van der Waals surface area (Å²) in [5.41, 5.74) is 5.16. The molecule has 1 aliphatic heterocycles. The van der Waals surface area contributed by atoms with Crippen LogP contribution in [0.15, 0.2) is 18.2 Å². The first-order chi connectivity index (χ1) is 7.72. The summed E-state index contributed by atoms with van der Waals surface area (Å²) in [7, 11) is 1.73. The van der Waals surface area contributed by atoms with Crippen molar-refractivity contribution in [2.24, 2.45) is 0 Å². The second-order valence-electron chi connectivity index (χ2n) is 4.25. The van der Waals surface area contributed by atoms with Crippen LogP contribution in [0, 0.1) is 13.8 Å². The van der Waals surface area contributed by atoms with Gasteiger partial charge in [-0.05, 0) is 54.7 Å². The summed E-state index contributed by atoms with van der Waals surface area (Å²) in [6, 6.07) is 4.42. The van der Waals surface area contributed by atoms with Crippen LogP contribution < -0.4 is 10.1 Å². The SMILES string of the molecule is COc1c(C)cc(C2=CC[N]CC2)cc1C. The highest BCUT2D eigenvalue weighted by molar-refractivity contribution is 5.69. The van der Waals surface area contributed by atoms with Crippen molar-refractivity contribution in [3.63, 3.8) is 0 Å². The molecule has 0 amide bonds. The van der Waals surface area contributed by atoms with E-state index in [4.69, 9.17) is 4.74 Å². The molecular weight excluding hydrogens is 198 g/mol. The molecule has 1 aromatic rings. The molecule has 0 bridgehead atoms. The Balaban J connectivity index is 2.39. The monoisotopic (exact) mass is 216 g/mol. The predicted molar refractivity (Wildman–Crippen MR) is 66.9 cm³/mol.